The molecule has 0 aromatic rings. The topological polar surface area (TPSA) is 66.8 Å². The van der Waals surface area contributed by atoms with Gasteiger partial charge in [-0.25, -0.2) is 4.79 Å². The van der Waals surface area contributed by atoms with Crippen molar-refractivity contribution in [2.24, 2.45) is 22.7 Å². The summed E-state index contributed by atoms with van der Waals surface area (Å²) in [6, 6.07) is 0. The first-order chi connectivity index (χ1) is 8.63. The molecule has 0 spiro atoms. The lowest BCUT2D eigenvalue weighted by atomic mass is 9.38. The molecule has 4 nitrogen and oxygen atoms in total. The molecule has 4 saturated carbocycles. The third-order valence-electron chi connectivity index (χ3n) is 6.24. The van der Waals surface area contributed by atoms with Gasteiger partial charge in [0.15, 0.2) is 0 Å². The molecule has 2 atom stereocenters. The maximum absolute atomic E-state index is 10.8. The molecule has 0 heterocycles. The van der Waals surface area contributed by atoms with E-state index >= 15 is 0 Å². The van der Waals surface area contributed by atoms with Gasteiger partial charge in [0.1, 0.15) is 0 Å². The molecule has 110 valence electrons. The Morgan fingerprint density at radius 1 is 1.11 bits per heavy atom. The Morgan fingerprint density at radius 2 is 1.53 bits per heavy atom. The molecular weight excluding hydrogens is 244 g/mol. The summed E-state index contributed by atoms with van der Waals surface area (Å²) in [6.45, 7) is 7.00. The quantitative estimate of drug-likeness (QED) is 0.663. The summed E-state index contributed by atoms with van der Waals surface area (Å²) in [4.78, 5) is 9.15. The largest absolute Gasteiger partial charge is 0.505 e. The maximum atomic E-state index is 10.8. The van der Waals surface area contributed by atoms with Crippen molar-refractivity contribution in [3.63, 3.8) is 0 Å². The maximum Gasteiger partial charge on any atom is 0.505 e. The van der Waals surface area contributed by atoms with E-state index in [1.54, 1.807) is 0 Å². The van der Waals surface area contributed by atoms with Crippen molar-refractivity contribution >= 4 is 6.16 Å². The number of methoxy groups -OCH3 is 1. The summed E-state index contributed by atoms with van der Waals surface area (Å²) < 4.78 is 3.67. The molecule has 0 amide bonds. The molecule has 4 fully saturated rings. The smallest absolute Gasteiger partial charge is 0.450 e. The predicted octanol–water partition coefficient (Wildman–Crippen LogP) is 3.28. The number of aliphatic hydroxyl groups is 1. The molecule has 0 aliphatic heterocycles. The highest BCUT2D eigenvalue weighted by molar-refractivity contribution is 5.56. The fourth-order valence-corrected chi connectivity index (χ4v) is 4.93. The summed E-state index contributed by atoms with van der Waals surface area (Å²) in [5.41, 5.74) is 0.199. The Morgan fingerprint density at radius 3 is 1.84 bits per heavy atom. The highest BCUT2D eigenvalue weighted by Crippen LogP contribution is 2.69. The first-order valence-electron chi connectivity index (χ1n) is 7.13. The molecular formula is C15H26O4. The summed E-state index contributed by atoms with van der Waals surface area (Å²) in [5, 5.41) is 18.3. The monoisotopic (exact) mass is 270 g/mol. The average molecular weight is 270 g/mol. The molecule has 0 aromatic heterocycles. The van der Waals surface area contributed by atoms with E-state index in [0.29, 0.717) is 5.41 Å². The van der Waals surface area contributed by atoms with Crippen molar-refractivity contribution in [1.29, 1.82) is 0 Å². The van der Waals surface area contributed by atoms with Gasteiger partial charge in [0, 0.05) is 0 Å². The third kappa shape index (κ3) is 2.14. The van der Waals surface area contributed by atoms with Gasteiger partial charge in [0.2, 0.25) is 0 Å². The van der Waals surface area contributed by atoms with E-state index in [1.165, 1.54) is 19.3 Å². The molecule has 0 aromatic carbocycles. The zero-order valence-electron chi connectivity index (χ0n) is 12.4. The highest BCUT2D eigenvalue weighted by atomic mass is 16.6. The van der Waals surface area contributed by atoms with Crippen LogP contribution in [0.5, 0.6) is 0 Å². The van der Waals surface area contributed by atoms with Crippen LogP contribution in [0.4, 0.5) is 4.79 Å². The second-order valence-electron chi connectivity index (χ2n) is 7.47. The molecule has 2 N–H and O–H groups in total. The zero-order valence-corrected chi connectivity index (χ0v) is 12.4. The van der Waals surface area contributed by atoms with Crippen molar-refractivity contribution in [3.05, 3.63) is 0 Å². The number of carboxylic acid groups (broad SMARTS) is 1. The van der Waals surface area contributed by atoms with Crippen LogP contribution in [0.25, 0.3) is 0 Å². The second kappa shape index (κ2) is 4.37. The van der Waals surface area contributed by atoms with Gasteiger partial charge < -0.3 is 14.9 Å². The second-order valence-corrected chi connectivity index (χ2v) is 7.47. The van der Waals surface area contributed by atoms with Crippen LogP contribution in [0.15, 0.2) is 0 Å². The van der Waals surface area contributed by atoms with Crippen LogP contribution in [0.1, 0.15) is 52.9 Å². The minimum Gasteiger partial charge on any atom is -0.450 e. The molecule has 4 rings (SSSR count). The van der Waals surface area contributed by atoms with E-state index in [1.807, 2.05) is 0 Å². The standard InChI is InChI=1S/C13H22O.C2H4O3/c1-11(2)12(3)5-9-4-10(6-12)8-13(11,14)7-9;1-5-2(3)4/h9-10,14H,4-8H2,1-3H3;1H3,(H,3,4). The van der Waals surface area contributed by atoms with Crippen LogP contribution in [0, 0.1) is 22.7 Å². The van der Waals surface area contributed by atoms with Crippen LogP contribution >= 0.6 is 0 Å². The Kier molecular flexibility index (Phi) is 3.37. The first kappa shape index (κ1) is 14.6. The van der Waals surface area contributed by atoms with Crippen molar-refractivity contribution in [2.45, 2.75) is 58.5 Å². The van der Waals surface area contributed by atoms with Gasteiger partial charge >= 0.3 is 6.16 Å². The van der Waals surface area contributed by atoms with Crippen molar-refractivity contribution in [3.8, 4) is 0 Å². The van der Waals surface area contributed by atoms with Crippen LogP contribution in [-0.2, 0) is 4.74 Å². The van der Waals surface area contributed by atoms with E-state index in [4.69, 9.17) is 9.90 Å². The molecule has 4 aliphatic rings. The van der Waals surface area contributed by atoms with E-state index in [2.05, 4.69) is 25.5 Å². The Balaban J connectivity index is 0.000000232. The zero-order chi connectivity index (χ0) is 14.5. The van der Waals surface area contributed by atoms with Crippen LogP contribution in [-0.4, -0.2) is 29.1 Å². The van der Waals surface area contributed by atoms with Gasteiger partial charge in [0.25, 0.3) is 0 Å². The van der Waals surface area contributed by atoms with Gasteiger partial charge in [-0.05, 0) is 54.8 Å². The molecule has 19 heavy (non-hydrogen) atoms. The average Bonchev–Trinajstić information content (AvgIpc) is 2.25. The SMILES string of the molecule is CC12CC3CC(C1)CC(O)(C3)C2(C)C.COC(=O)O. The molecule has 0 radical (unpaired) electrons. The number of rotatable bonds is 0. The number of ether oxygens (including phenoxy) is 1. The highest BCUT2D eigenvalue weighted by Gasteiger charge is 2.65. The number of hydrogen-bond donors (Lipinski definition) is 2. The lowest BCUT2D eigenvalue weighted by molar-refractivity contribution is -0.250. The predicted molar refractivity (Wildman–Crippen MR) is 71.9 cm³/mol. The van der Waals surface area contributed by atoms with Crippen molar-refractivity contribution in [1.82, 2.24) is 0 Å². The van der Waals surface area contributed by atoms with Crippen molar-refractivity contribution < 1.29 is 19.7 Å². The normalized spacial score (nSPS) is 45.3. The Bertz CT molecular complexity index is 336. The summed E-state index contributed by atoms with van der Waals surface area (Å²) >= 11 is 0. The van der Waals surface area contributed by atoms with E-state index in [0.717, 1.165) is 31.8 Å². The number of hydrogen-bond acceptors (Lipinski definition) is 3. The lowest BCUT2D eigenvalue weighted by Gasteiger charge is -2.68. The van der Waals surface area contributed by atoms with E-state index in [9.17, 15) is 5.11 Å². The van der Waals surface area contributed by atoms with Gasteiger partial charge in [0.05, 0.1) is 12.7 Å². The molecule has 4 bridgehead atoms. The van der Waals surface area contributed by atoms with E-state index in [-0.39, 0.29) is 11.0 Å². The first-order valence-corrected chi connectivity index (χ1v) is 7.13. The Hall–Kier alpha value is -0.770. The van der Waals surface area contributed by atoms with E-state index < -0.39 is 6.16 Å². The minimum atomic E-state index is -1.25. The summed E-state index contributed by atoms with van der Waals surface area (Å²) in [6.07, 6.45) is 5.02. The summed E-state index contributed by atoms with van der Waals surface area (Å²) in [7, 11) is 1.10. The molecule has 0 saturated heterocycles. The van der Waals surface area contributed by atoms with Gasteiger partial charge in [-0.2, -0.15) is 0 Å². The van der Waals surface area contributed by atoms with Gasteiger partial charge in [-0.1, -0.05) is 20.8 Å². The Labute approximate surface area is 115 Å². The number of carbonyl (C=O) groups is 1. The molecule has 4 aliphatic carbocycles. The molecule has 2 unspecified atom stereocenters. The third-order valence-corrected chi connectivity index (χ3v) is 6.24. The fourth-order valence-electron chi connectivity index (χ4n) is 4.93. The minimum absolute atomic E-state index is 0.132. The van der Waals surface area contributed by atoms with Crippen molar-refractivity contribution in [2.75, 3.05) is 7.11 Å². The van der Waals surface area contributed by atoms with Gasteiger partial charge in [-0.3, -0.25) is 0 Å². The van der Waals surface area contributed by atoms with Crippen LogP contribution < -0.4 is 0 Å². The fraction of sp³-hybridized carbons (Fsp3) is 0.933. The van der Waals surface area contributed by atoms with Crippen LogP contribution in [0.3, 0.4) is 0 Å². The summed E-state index contributed by atoms with van der Waals surface area (Å²) in [5.74, 6) is 1.65. The lowest BCUT2D eigenvalue weighted by Crippen LogP contribution is -2.66. The van der Waals surface area contributed by atoms with Crippen LogP contribution in [0.2, 0.25) is 0 Å². The molecule has 4 heteroatoms. The van der Waals surface area contributed by atoms with Gasteiger partial charge in [-0.15, -0.1) is 0 Å².